The zero-order valence-corrected chi connectivity index (χ0v) is 14.5. The molecule has 3 aromatic rings. The molecular formula is C20H20N4O. The van der Waals surface area contributed by atoms with Crippen LogP contribution in [0, 0.1) is 20.8 Å². The lowest BCUT2D eigenvalue weighted by Gasteiger charge is -2.08. The maximum absolute atomic E-state index is 12.2. The summed E-state index contributed by atoms with van der Waals surface area (Å²) in [5.74, 6) is 0.221. The van der Waals surface area contributed by atoms with Gasteiger partial charge in [0.25, 0.3) is 5.91 Å². The fourth-order valence-electron chi connectivity index (χ4n) is 2.53. The zero-order valence-electron chi connectivity index (χ0n) is 14.5. The van der Waals surface area contributed by atoms with Gasteiger partial charge in [-0.1, -0.05) is 23.8 Å². The highest BCUT2D eigenvalue weighted by atomic mass is 16.1. The number of amides is 1. The Labute approximate surface area is 147 Å². The van der Waals surface area contributed by atoms with Gasteiger partial charge in [-0.25, -0.2) is 9.97 Å². The van der Waals surface area contributed by atoms with Crippen LogP contribution < -0.4 is 10.6 Å². The van der Waals surface area contributed by atoms with Crippen LogP contribution in [0.2, 0.25) is 0 Å². The number of aromatic nitrogens is 2. The third-order valence-electron chi connectivity index (χ3n) is 3.70. The standard InChI is InChI=1S/C20H20N4O/c1-13-4-6-17(7-5-13)23-19(25)16-11-21-20(22-12-16)24-18-9-14(2)8-15(3)10-18/h4-12H,1-3H3,(H,23,25)(H,21,22,24). The first-order valence-electron chi connectivity index (χ1n) is 8.05. The monoisotopic (exact) mass is 332 g/mol. The van der Waals surface area contributed by atoms with Gasteiger partial charge in [-0.3, -0.25) is 4.79 Å². The molecule has 0 spiro atoms. The minimum Gasteiger partial charge on any atom is -0.324 e. The summed E-state index contributed by atoms with van der Waals surface area (Å²) in [6, 6.07) is 13.8. The zero-order chi connectivity index (χ0) is 17.8. The molecule has 5 heteroatoms. The van der Waals surface area contributed by atoms with Crippen LogP contribution in [-0.4, -0.2) is 15.9 Å². The normalized spacial score (nSPS) is 10.4. The van der Waals surface area contributed by atoms with E-state index in [-0.39, 0.29) is 5.91 Å². The van der Waals surface area contributed by atoms with Crippen molar-refractivity contribution in [2.45, 2.75) is 20.8 Å². The quantitative estimate of drug-likeness (QED) is 0.743. The Morgan fingerprint density at radius 1 is 0.800 bits per heavy atom. The van der Waals surface area contributed by atoms with Crippen molar-refractivity contribution in [2.24, 2.45) is 0 Å². The second-order valence-electron chi connectivity index (χ2n) is 6.12. The lowest BCUT2D eigenvalue weighted by molar-refractivity contribution is 0.102. The summed E-state index contributed by atoms with van der Waals surface area (Å²) in [7, 11) is 0. The summed E-state index contributed by atoms with van der Waals surface area (Å²) in [6.45, 7) is 6.08. The molecule has 0 saturated carbocycles. The fourth-order valence-corrected chi connectivity index (χ4v) is 2.53. The number of carbonyl (C=O) groups is 1. The number of hydrogen-bond acceptors (Lipinski definition) is 4. The van der Waals surface area contributed by atoms with Gasteiger partial charge in [-0.2, -0.15) is 0 Å². The predicted octanol–water partition coefficient (Wildman–Crippen LogP) is 4.40. The van der Waals surface area contributed by atoms with E-state index in [1.165, 1.54) is 12.4 Å². The number of anilines is 3. The molecule has 0 unspecified atom stereocenters. The number of rotatable bonds is 4. The van der Waals surface area contributed by atoms with Gasteiger partial charge >= 0.3 is 0 Å². The Hall–Kier alpha value is -3.21. The lowest BCUT2D eigenvalue weighted by atomic mass is 10.1. The molecule has 2 aromatic carbocycles. The number of hydrogen-bond donors (Lipinski definition) is 2. The van der Waals surface area contributed by atoms with Crippen LogP contribution in [0.25, 0.3) is 0 Å². The highest BCUT2D eigenvalue weighted by Gasteiger charge is 2.08. The summed E-state index contributed by atoms with van der Waals surface area (Å²) in [5, 5.41) is 5.98. The maximum atomic E-state index is 12.2. The molecule has 0 bridgehead atoms. The summed E-state index contributed by atoms with van der Waals surface area (Å²) in [5.41, 5.74) is 5.55. The van der Waals surface area contributed by atoms with E-state index < -0.39 is 0 Å². The topological polar surface area (TPSA) is 66.9 Å². The Balaban J connectivity index is 1.68. The molecule has 126 valence electrons. The van der Waals surface area contributed by atoms with Gasteiger partial charge < -0.3 is 10.6 Å². The number of benzene rings is 2. The van der Waals surface area contributed by atoms with Gasteiger partial charge in [0.15, 0.2) is 0 Å². The number of nitrogens with zero attached hydrogens (tertiary/aromatic N) is 2. The third kappa shape index (κ3) is 4.41. The van der Waals surface area contributed by atoms with Crippen LogP contribution in [0.5, 0.6) is 0 Å². The maximum Gasteiger partial charge on any atom is 0.258 e. The van der Waals surface area contributed by atoms with Crippen molar-refractivity contribution < 1.29 is 4.79 Å². The first-order chi connectivity index (χ1) is 12.0. The second-order valence-corrected chi connectivity index (χ2v) is 6.12. The molecule has 3 rings (SSSR count). The number of nitrogens with one attached hydrogen (secondary N) is 2. The van der Waals surface area contributed by atoms with Crippen LogP contribution in [0.4, 0.5) is 17.3 Å². The van der Waals surface area contributed by atoms with Gasteiger partial charge in [0.1, 0.15) is 0 Å². The average molecular weight is 332 g/mol. The largest absolute Gasteiger partial charge is 0.324 e. The van der Waals surface area contributed by atoms with Gasteiger partial charge in [0.2, 0.25) is 5.95 Å². The molecule has 0 fully saturated rings. The number of aryl methyl sites for hydroxylation is 3. The predicted molar refractivity (Wildman–Crippen MR) is 100 cm³/mol. The molecule has 0 radical (unpaired) electrons. The van der Waals surface area contributed by atoms with Crippen molar-refractivity contribution in [2.75, 3.05) is 10.6 Å². The minimum absolute atomic E-state index is 0.234. The molecule has 25 heavy (non-hydrogen) atoms. The Morgan fingerprint density at radius 2 is 1.40 bits per heavy atom. The van der Waals surface area contributed by atoms with Crippen LogP contribution in [0.15, 0.2) is 54.9 Å². The SMILES string of the molecule is Cc1ccc(NC(=O)c2cnc(Nc3cc(C)cc(C)c3)nc2)cc1. The Bertz CT molecular complexity index is 866. The molecule has 1 amide bonds. The van der Waals surface area contributed by atoms with E-state index >= 15 is 0 Å². The summed E-state index contributed by atoms with van der Waals surface area (Å²) in [6.07, 6.45) is 3.03. The van der Waals surface area contributed by atoms with Crippen molar-refractivity contribution >= 4 is 23.2 Å². The van der Waals surface area contributed by atoms with Crippen molar-refractivity contribution in [1.29, 1.82) is 0 Å². The third-order valence-corrected chi connectivity index (χ3v) is 3.70. The van der Waals surface area contributed by atoms with Crippen molar-refractivity contribution in [3.05, 3.63) is 77.1 Å². The molecule has 5 nitrogen and oxygen atoms in total. The molecule has 0 atom stereocenters. The summed E-state index contributed by atoms with van der Waals surface area (Å²) < 4.78 is 0. The van der Waals surface area contributed by atoms with Crippen molar-refractivity contribution in [3.8, 4) is 0 Å². The summed E-state index contributed by atoms with van der Waals surface area (Å²) in [4.78, 5) is 20.7. The highest BCUT2D eigenvalue weighted by molar-refractivity contribution is 6.03. The first kappa shape index (κ1) is 16.6. The molecule has 2 N–H and O–H groups in total. The molecule has 1 aromatic heterocycles. The van der Waals surface area contributed by atoms with Crippen molar-refractivity contribution in [1.82, 2.24) is 9.97 Å². The van der Waals surface area contributed by atoms with Crippen molar-refractivity contribution in [3.63, 3.8) is 0 Å². The van der Waals surface area contributed by atoms with E-state index in [9.17, 15) is 4.79 Å². The molecule has 0 saturated heterocycles. The van der Waals surface area contributed by atoms with E-state index in [2.05, 4.69) is 26.7 Å². The smallest absolute Gasteiger partial charge is 0.258 e. The number of carbonyl (C=O) groups excluding carboxylic acids is 1. The minimum atomic E-state index is -0.234. The van der Waals surface area contributed by atoms with Crippen LogP contribution in [0.1, 0.15) is 27.0 Å². The van der Waals surface area contributed by atoms with E-state index in [1.54, 1.807) is 0 Å². The van der Waals surface area contributed by atoms with Crippen LogP contribution in [0.3, 0.4) is 0 Å². The van der Waals surface area contributed by atoms with Gasteiger partial charge in [-0.05, 0) is 56.2 Å². The Kier molecular flexibility index (Phi) is 4.75. The molecule has 0 aliphatic heterocycles. The van der Waals surface area contributed by atoms with E-state index in [0.717, 1.165) is 28.1 Å². The molecule has 0 aliphatic carbocycles. The van der Waals surface area contributed by atoms with E-state index in [0.29, 0.717) is 11.5 Å². The van der Waals surface area contributed by atoms with E-state index in [1.807, 2.05) is 57.2 Å². The summed E-state index contributed by atoms with van der Waals surface area (Å²) >= 11 is 0. The average Bonchev–Trinajstić information content (AvgIpc) is 2.56. The fraction of sp³-hybridized carbons (Fsp3) is 0.150. The lowest BCUT2D eigenvalue weighted by Crippen LogP contribution is -2.13. The highest BCUT2D eigenvalue weighted by Crippen LogP contribution is 2.17. The van der Waals surface area contributed by atoms with E-state index in [4.69, 9.17) is 0 Å². The molecular weight excluding hydrogens is 312 g/mol. The second kappa shape index (κ2) is 7.13. The van der Waals surface area contributed by atoms with Crippen LogP contribution >= 0.6 is 0 Å². The molecule has 1 heterocycles. The van der Waals surface area contributed by atoms with Crippen LogP contribution in [-0.2, 0) is 0 Å². The van der Waals surface area contributed by atoms with Gasteiger partial charge in [0, 0.05) is 23.8 Å². The van der Waals surface area contributed by atoms with Gasteiger partial charge in [-0.15, -0.1) is 0 Å². The first-order valence-corrected chi connectivity index (χ1v) is 8.05. The van der Waals surface area contributed by atoms with Gasteiger partial charge in [0.05, 0.1) is 5.56 Å². The Morgan fingerprint density at radius 3 is 2.00 bits per heavy atom. The molecule has 0 aliphatic rings.